The van der Waals surface area contributed by atoms with Crippen LogP contribution in [0.1, 0.15) is 13.3 Å². The number of nitrogens with zero attached hydrogens (tertiary/aromatic N) is 2. The highest BCUT2D eigenvalue weighted by molar-refractivity contribution is 7.89. The highest BCUT2D eigenvalue weighted by atomic mass is 35.5. The molecule has 0 saturated heterocycles. The standard InChI is InChI=1S/C9H16ClN3O3S/c1-7(3-4-14)5-12-17(15,16)9-8(10)13(2)6-11-9/h6-7,12,14H,3-5H2,1-2H3. The minimum atomic E-state index is -3.68. The fourth-order valence-electron chi connectivity index (χ4n) is 1.22. The van der Waals surface area contributed by atoms with Crippen LogP contribution in [0.15, 0.2) is 11.4 Å². The number of hydrogen-bond acceptors (Lipinski definition) is 4. The molecular formula is C9H16ClN3O3S. The van der Waals surface area contributed by atoms with Gasteiger partial charge in [-0.05, 0) is 12.3 Å². The van der Waals surface area contributed by atoms with Gasteiger partial charge in [0.1, 0.15) is 5.15 Å². The van der Waals surface area contributed by atoms with Crippen LogP contribution in [0.2, 0.25) is 5.15 Å². The Labute approximate surface area is 106 Å². The second-order valence-corrected chi connectivity index (χ2v) is 5.96. The first kappa shape index (κ1) is 14.4. The first-order chi connectivity index (χ1) is 7.88. The highest BCUT2D eigenvalue weighted by Gasteiger charge is 2.22. The van der Waals surface area contributed by atoms with E-state index in [1.807, 2.05) is 6.92 Å². The molecule has 2 N–H and O–H groups in total. The first-order valence-electron chi connectivity index (χ1n) is 5.16. The van der Waals surface area contributed by atoms with Crippen molar-refractivity contribution >= 4 is 21.6 Å². The largest absolute Gasteiger partial charge is 0.396 e. The van der Waals surface area contributed by atoms with Crippen LogP contribution in [0.25, 0.3) is 0 Å². The summed E-state index contributed by atoms with van der Waals surface area (Å²) in [5, 5.41) is 8.62. The van der Waals surface area contributed by atoms with Crippen LogP contribution in [0.4, 0.5) is 0 Å². The van der Waals surface area contributed by atoms with E-state index in [1.54, 1.807) is 7.05 Å². The van der Waals surface area contributed by atoms with E-state index in [0.717, 1.165) is 0 Å². The van der Waals surface area contributed by atoms with Crippen molar-refractivity contribution in [3.63, 3.8) is 0 Å². The molecule has 0 bridgehead atoms. The zero-order valence-corrected chi connectivity index (χ0v) is 11.3. The number of aromatic nitrogens is 2. The minimum Gasteiger partial charge on any atom is -0.396 e. The topological polar surface area (TPSA) is 84.2 Å². The maximum Gasteiger partial charge on any atom is 0.261 e. The fourth-order valence-corrected chi connectivity index (χ4v) is 2.81. The zero-order chi connectivity index (χ0) is 13.1. The molecule has 1 atom stereocenters. The third kappa shape index (κ3) is 3.67. The summed E-state index contributed by atoms with van der Waals surface area (Å²) in [6, 6.07) is 0. The number of imidazole rings is 1. The van der Waals surface area contributed by atoms with Crippen LogP contribution < -0.4 is 4.72 Å². The summed E-state index contributed by atoms with van der Waals surface area (Å²) in [6.45, 7) is 2.13. The molecule has 0 aromatic carbocycles. The van der Waals surface area contributed by atoms with Crippen molar-refractivity contribution in [3.8, 4) is 0 Å². The molecule has 1 aromatic heterocycles. The molecule has 0 saturated carbocycles. The van der Waals surface area contributed by atoms with Crippen molar-refractivity contribution in [2.45, 2.75) is 18.4 Å². The molecular weight excluding hydrogens is 266 g/mol. The van der Waals surface area contributed by atoms with Crippen molar-refractivity contribution < 1.29 is 13.5 Å². The number of nitrogens with one attached hydrogen (secondary N) is 1. The average Bonchev–Trinajstić information content (AvgIpc) is 2.58. The number of rotatable bonds is 6. The lowest BCUT2D eigenvalue weighted by atomic mass is 10.1. The highest BCUT2D eigenvalue weighted by Crippen LogP contribution is 2.18. The molecule has 8 heteroatoms. The van der Waals surface area contributed by atoms with E-state index in [4.69, 9.17) is 16.7 Å². The van der Waals surface area contributed by atoms with Gasteiger partial charge in [-0.3, -0.25) is 0 Å². The molecule has 17 heavy (non-hydrogen) atoms. The molecule has 1 unspecified atom stereocenters. The Morgan fingerprint density at radius 3 is 2.76 bits per heavy atom. The second-order valence-electron chi connectivity index (χ2n) is 3.92. The van der Waals surface area contributed by atoms with E-state index in [9.17, 15) is 8.42 Å². The number of halogens is 1. The molecule has 0 aliphatic rings. The molecule has 0 spiro atoms. The lowest BCUT2D eigenvalue weighted by Crippen LogP contribution is -2.29. The van der Waals surface area contributed by atoms with Crippen LogP contribution in [0.5, 0.6) is 0 Å². The normalized spacial score (nSPS) is 13.9. The molecule has 0 aliphatic carbocycles. The van der Waals surface area contributed by atoms with Gasteiger partial charge in [-0.1, -0.05) is 18.5 Å². The predicted molar refractivity (Wildman–Crippen MR) is 64.3 cm³/mol. The Hall–Kier alpha value is -0.630. The average molecular weight is 282 g/mol. The Kier molecular flexibility index (Phi) is 4.93. The Morgan fingerprint density at radius 1 is 1.65 bits per heavy atom. The van der Waals surface area contributed by atoms with Gasteiger partial charge in [-0.25, -0.2) is 18.1 Å². The fraction of sp³-hybridized carbons (Fsp3) is 0.667. The maximum absolute atomic E-state index is 11.8. The maximum atomic E-state index is 11.8. The third-order valence-electron chi connectivity index (χ3n) is 2.33. The number of aliphatic hydroxyl groups excluding tert-OH is 1. The monoisotopic (exact) mass is 281 g/mol. The Morgan fingerprint density at radius 2 is 2.29 bits per heavy atom. The molecule has 0 radical (unpaired) electrons. The van der Waals surface area contributed by atoms with E-state index < -0.39 is 10.0 Å². The smallest absolute Gasteiger partial charge is 0.261 e. The Balaban J connectivity index is 2.73. The van der Waals surface area contributed by atoms with Crippen LogP contribution in [0.3, 0.4) is 0 Å². The predicted octanol–water partition coefficient (Wildman–Crippen LogP) is 0.370. The summed E-state index contributed by atoms with van der Waals surface area (Å²) < 4.78 is 27.5. The molecule has 1 rings (SSSR count). The van der Waals surface area contributed by atoms with Gasteiger partial charge in [-0.2, -0.15) is 0 Å². The Bertz CT molecular complexity index is 472. The van der Waals surface area contributed by atoms with Crippen molar-refractivity contribution in [1.29, 1.82) is 0 Å². The van der Waals surface area contributed by atoms with Gasteiger partial charge >= 0.3 is 0 Å². The van der Waals surface area contributed by atoms with Crippen molar-refractivity contribution in [2.24, 2.45) is 13.0 Å². The lowest BCUT2D eigenvalue weighted by Gasteiger charge is -2.10. The quantitative estimate of drug-likeness (QED) is 0.789. The number of aryl methyl sites for hydroxylation is 1. The number of aliphatic hydroxyl groups is 1. The van der Waals surface area contributed by atoms with Crippen LogP contribution in [0, 0.1) is 5.92 Å². The lowest BCUT2D eigenvalue weighted by molar-refractivity contribution is 0.263. The summed E-state index contributed by atoms with van der Waals surface area (Å²) in [4.78, 5) is 3.74. The van der Waals surface area contributed by atoms with Gasteiger partial charge in [0.2, 0.25) is 5.03 Å². The number of sulfonamides is 1. The molecule has 6 nitrogen and oxygen atoms in total. The van der Waals surface area contributed by atoms with E-state index >= 15 is 0 Å². The summed E-state index contributed by atoms with van der Waals surface area (Å²) in [5.74, 6) is 0.0530. The summed E-state index contributed by atoms with van der Waals surface area (Å²) >= 11 is 5.81. The molecule has 0 amide bonds. The molecule has 98 valence electrons. The van der Waals surface area contributed by atoms with E-state index in [2.05, 4.69) is 9.71 Å². The minimum absolute atomic E-state index is 0.0350. The van der Waals surface area contributed by atoms with E-state index in [1.165, 1.54) is 10.9 Å². The molecule has 0 fully saturated rings. The molecule has 1 heterocycles. The van der Waals surface area contributed by atoms with Gasteiger partial charge in [-0.15, -0.1) is 0 Å². The number of hydrogen-bond donors (Lipinski definition) is 2. The first-order valence-corrected chi connectivity index (χ1v) is 7.02. The van der Waals surface area contributed by atoms with Crippen LogP contribution >= 0.6 is 11.6 Å². The van der Waals surface area contributed by atoms with Crippen LogP contribution in [-0.2, 0) is 17.1 Å². The van der Waals surface area contributed by atoms with Crippen molar-refractivity contribution in [2.75, 3.05) is 13.2 Å². The van der Waals surface area contributed by atoms with Crippen LogP contribution in [-0.4, -0.2) is 36.2 Å². The van der Waals surface area contributed by atoms with Gasteiger partial charge < -0.3 is 9.67 Å². The van der Waals surface area contributed by atoms with Crippen molar-refractivity contribution in [1.82, 2.24) is 14.3 Å². The third-order valence-corrected chi connectivity index (χ3v) is 4.24. The molecule has 1 aromatic rings. The summed E-state index contributed by atoms with van der Waals surface area (Å²) in [6.07, 6.45) is 1.88. The SMILES string of the molecule is CC(CCO)CNS(=O)(=O)c1ncn(C)c1Cl. The van der Waals surface area contributed by atoms with E-state index in [0.29, 0.717) is 6.42 Å². The van der Waals surface area contributed by atoms with Gasteiger partial charge in [0.15, 0.2) is 0 Å². The van der Waals surface area contributed by atoms with Gasteiger partial charge in [0.25, 0.3) is 10.0 Å². The van der Waals surface area contributed by atoms with Crippen molar-refractivity contribution in [3.05, 3.63) is 11.5 Å². The summed E-state index contributed by atoms with van der Waals surface area (Å²) in [7, 11) is -2.07. The zero-order valence-electron chi connectivity index (χ0n) is 9.72. The van der Waals surface area contributed by atoms with Gasteiger partial charge in [0, 0.05) is 20.2 Å². The van der Waals surface area contributed by atoms with Gasteiger partial charge in [0.05, 0.1) is 6.33 Å². The summed E-state index contributed by atoms with van der Waals surface area (Å²) in [5.41, 5.74) is 0. The second kappa shape index (κ2) is 5.81. The van der Waals surface area contributed by atoms with E-state index in [-0.39, 0.29) is 29.2 Å². The molecule has 0 aliphatic heterocycles.